The maximum absolute atomic E-state index is 12.9. The SMILES string of the molecule is CC/C=C\C/C=C\C/C=C\C/C=C\C/C=C\C/C=C\C/C=C\C/C=C\C/C=C\CCCCCCCC(=O)OCC(COC(=O)CCCCCCC/C=C\CCCCCCCC)OC(=O)CCCCCCC/C=C\C/C=C\CCCCC. The lowest BCUT2D eigenvalue weighted by Crippen LogP contribution is -2.30. The van der Waals surface area contributed by atoms with E-state index in [1.807, 2.05) is 0 Å². The molecule has 0 aromatic heterocycles. The van der Waals surface area contributed by atoms with Crippen LogP contribution in [0.5, 0.6) is 0 Å². The van der Waals surface area contributed by atoms with Crippen LogP contribution >= 0.6 is 0 Å². The Bertz CT molecular complexity index is 1760. The summed E-state index contributed by atoms with van der Waals surface area (Å²) < 4.78 is 16.9. The molecule has 0 radical (unpaired) electrons. The molecule has 0 aliphatic carbocycles. The van der Waals surface area contributed by atoms with Gasteiger partial charge in [0.1, 0.15) is 13.2 Å². The summed E-state index contributed by atoms with van der Waals surface area (Å²) in [5, 5.41) is 0. The van der Waals surface area contributed by atoms with Gasteiger partial charge in [-0.3, -0.25) is 14.4 Å². The Balaban J connectivity index is 4.36. The molecule has 0 heterocycles. The molecule has 1 unspecified atom stereocenters. The van der Waals surface area contributed by atoms with Crippen LogP contribution in [0, 0.1) is 0 Å². The molecule has 0 saturated carbocycles. The quantitative estimate of drug-likeness (QED) is 0.0261. The smallest absolute Gasteiger partial charge is 0.306 e. The van der Waals surface area contributed by atoms with Crippen LogP contribution in [0.1, 0.15) is 290 Å². The summed E-state index contributed by atoms with van der Waals surface area (Å²) in [4.78, 5) is 38.3. The summed E-state index contributed by atoms with van der Waals surface area (Å²) >= 11 is 0. The minimum Gasteiger partial charge on any atom is -0.462 e. The number of carbonyl (C=O) groups excluding carboxylic acids is 3. The van der Waals surface area contributed by atoms with Crippen molar-refractivity contribution in [3.63, 3.8) is 0 Å². The van der Waals surface area contributed by atoms with Gasteiger partial charge < -0.3 is 14.2 Å². The molecular formula is C75H122O6. The number of unbranched alkanes of at least 4 members (excludes halogenated alkanes) is 24. The van der Waals surface area contributed by atoms with Crippen molar-refractivity contribution in [2.45, 2.75) is 297 Å². The number of allylic oxidation sites excluding steroid dienone is 24. The van der Waals surface area contributed by atoms with E-state index < -0.39 is 6.10 Å². The molecule has 81 heavy (non-hydrogen) atoms. The van der Waals surface area contributed by atoms with Crippen LogP contribution in [0.15, 0.2) is 146 Å². The monoisotopic (exact) mass is 1120 g/mol. The second-order valence-electron chi connectivity index (χ2n) is 21.6. The van der Waals surface area contributed by atoms with Crippen molar-refractivity contribution in [2.75, 3.05) is 13.2 Å². The zero-order chi connectivity index (χ0) is 58.5. The van der Waals surface area contributed by atoms with E-state index in [-0.39, 0.29) is 31.1 Å². The maximum atomic E-state index is 12.9. The number of esters is 3. The molecule has 6 nitrogen and oxygen atoms in total. The second-order valence-corrected chi connectivity index (χ2v) is 21.6. The van der Waals surface area contributed by atoms with Gasteiger partial charge in [0.05, 0.1) is 0 Å². The lowest BCUT2D eigenvalue weighted by atomic mass is 10.1. The average Bonchev–Trinajstić information content (AvgIpc) is 3.47. The minimum absolute atomic E-state index is 0.0977. The van der Waals surface area contributed by atoms with E-state index >= 15 is 0 Å². The first kappa shape index (κ1) is 76.3. The fourth-order valence-corrected chi connectivity index (χ4v) is 8.81. The van der Waals surface area contributed by atoms with Gasteiger partial charge in [0, 0.05) is 19.3 Å². The lowest BCUT2D eigenvalue weighted by molar-refractivity contribution is -0.167. The van der Waals surface area contributed by atoms with Crippen molar-refractivity contribution >= 4 is 17.9 Å². The van der Waals surface area contributed by atoms with E-state index in [1.165, 1.54) is 77.0 Å². The van der Waals surface area contributed by atoms with Crippen LogP contribution in [-0.4, -0.2) is 37.2 Å². The molecule has 0 amide bonds. The topological polar surface area (TPSA) is 78.9 Å². The van der Waals surface area contributed by atoms with Crippen LogP contribution in [0.3, 0.4) is 0 Å². The number of carbonyl (C=O) groups is 3. The summed E-state index contributed by atoms with van der Waals surface area (Å²) in [6.45, 7) is 6.46. The van der Waals surface area contributed by atoms with Crippen molar-refractivity contribution in [3.05, 3.63) is 146 Å². The van der Waals surface area contributed by atoms with Gasteiger partial charge in [-0.05, 0) is 148 Å². The summed E-state index contributed by atoms with van der Waals surface area (Å²) in [7, 11) is 0. The molecule has 0 bridgehead atoms. The van der Waals surface area contributed by atoms with Gasteiger partial charge in [-0.1, -0.05) is 269 Å². The normalized spacial score (nSPS) is 13.1. The zero-order valence-electron chi connectivity index (χ0n) is 52.5. The average molecular weight is 1120 g/mol. The predicted molar refractivity (Wildman–Crippen MR) is 352 cm³/mol. The third-order valence-corrected chi connectivity index (χ3v) is 13.8. The third kappa shape index (κ3) is 66.0. The molecule has 0 aliphatic rings. The van der Waals surface area contributed by atoms with Crippen molar-refractivity contribution in [2.24, 2.45) is 0 Å². The molecule has 6 heteroatoms. The number of rotatable bonds is 59. The van der Waals surface area contributed by atoms with Crippen LogP contribution in [-0.2, 0) is 28.6 Å². The predicted octanol–water partition coefficient (Wildman–Crippen LogP) is 23.1. The van der Waals surface area contributed by atoms with Crippen molar-refractivity contribution in [1.29, 1.82) is 0 Å². The van der Waals surface area contributed by atoms with E-state index in [2.05, 4.69) is 167 Å². The Hall–Kier alpha value is -4.71. The Kier molecular flexibility index (Phi) is 63.9. The van der Waals surface area contributed by atoms with E-state index in [0.29, 0.717) is 19.3 Å². The third-order valence-electron chi connectivity index (χ3n) is 13.8. The maximum Gasteiger partial charge on any atom is 0.306 e. The number of hydrogen-bond donors (Lipinski definition) is 0. The van der Waals surface area contributed by atoms with Crippen LogP contribution in [0.25, 0.3) is 0 Å². The summed E-state index contributed by atoms with van der Waals surface area (Å²) in [6, 6.07) is 0. The highest BCUT2D eigenvalue weighted by molar-refractivity contribution is 5.71. The first-order valence-electron chi connectivity index (χ1n) is 33.3. The highest BCUT2D eigenvalue weighted by Crippen LogP contribution is 2.14. The minimum atomic E-state index is -0.803. The fraction of sp³-hybridized carbons (Fsp3) is 0.640. The summed E-state index contributed by atoms with van der Waals surface area (Å²) in [6.07, 6.45) is 97.1. The fourth-order valence-electron chi connectivity index (χ4n) is 8.81. The standard InChI is InChI=1S/C75H122O6/c1-4-7-10-13-16-19-22-25-28-29-30-31-32-33-34-35-36-37-38-39-40-41-42-43-44-45-48-50-53-56-59-62-65-68-74(77)80-71-72(81-75(78)69-66-63-60-57-54-51-47-27-24-21-18-15-12-9-6-3)70-79-73(76)67-64-61-58-55-52-49-46-26-23-20-17-14-11-8-5-2/h7,10,16,18-19,21,25-28,30-31,33-34,36-37,39-40,42-43,45-48,72H,4-6,8-9,11-15,17,20,22-24,29,32,35,38,41,44,49-71H2,1-3H3/b10-7-,19-16-,21-18-,28-25-,31-30-,34-33-,37-36-,40-39-,43-42-,46-26-,47-27-,48-45-. The van der Waals surface area contributed by atoms with E-state index in [0.717, 1.165) is 173 Å². The van der Waals surface area contributed by atoms with Gasteiger partial charge in [-0.2, -0.15) is 0 Å². The van der Waals surface area contributed by atoms with Crippen LogP contribution in [0.2, 0.25) is 0 Å². The van der Waals surface area contributed by atoms with Crippen LogP contribution < -0.4 is 0 Å². The second kappa shape index (κ2) is 67.8. The van der Waals surface area contributed by atoms with Crippen molar-refractivity contribution in [1.82, 2.24) is 0 Å². The molecule has 0 aliphatic heterocycles. The Morgan fingerprint density at radius 3 is 0.790 bits per heavy atom. The van der Waals surface area contributed by atoms with Gasteiger partial charge in [0.15, 0.2) is 6.10 Å². The molecule has 0 saturated heterocycles. The number of hydrogen-bond acceptors (Lipinski definition) is 6. The Morgan fingerprint density at radius 2 is 0.481 bits per heavy atom. The summed E-state index contributed by atoms with van der Waals surface area (Å²) in [5.74, 6) is -0.938. The highest BCUT2D eigenvalue weighted by atomic mass is 16.6. The molecule has 458 valence electrons. The van der Waals surface area contributed by atoms with Crippen molar-refractivity contribution in [3.8, 4) is 0 Å². The molecule has 0 N–H and O–H groups in total. The van der Waals surface area contributed by atoms with Gasteiger partial charge in [-0.25, -0.2) is 0 Å². The molecule has 0 fully saturated rings. The summed E-state index contributed by atoms with van der Waals surface area (Å²) in [5.41, 5.74) is 0. The van der Waals surface area contributed by atoms with E-state index in [9.17, 15) is 14.4 Å². The van der Waals surface area contributed by atoms with Crippen LogP contribution in [0.4, 0.5) is 0 Å². The highest BCUT2D eigenvalue weighted by Gasteiger charge is 2.19. The largest absolute Gasteiger partial charge is 0.462 e. The first-order chi connectivity index (χ1) is 40.0. The molecule has 0 rings (SSSR count). The van der Waals surface area contributed by atoms with Gasteiger partial charge in [0.2, 0.25) is 0 Å². The molecule has 0 aromatic rings. The zero-order valence-corrected chi connectivity index (χ0v) is 52.5. The lowest BCUT2D eigenvalue weighted by Gasteiger charge is -2.18. The van der Waals surface area contributed by atoms with Crippen molar-refractivity contribution < 1.29 is 28.6 Å². The Morgan fingerprint density at radius 1 is 0.259 bits per heavy atom. The number of ether oxygens (including phenoxy) is 3. The molecule has 0 aromatic carbocycles. The molecular weight excluding hydrogens is 997 g/mol. The van der Waals surface area contributed by atoms with Gasteiger partial charge in [-0.15, -0.1) is 0 Å². The molecule has 0 spiro atoms. The van der Waals surface area contributed by atoms with Gasteiger partial charge in [0.25, 0.3) is 0 Å². The Labute approximate surface area is 499 Å². The van der Waals surface area contributed by atoms with Gasteiger partial charge >= 0.3 is 17.9 Å². The van der Waals surface area contributed by atoms with E-state index in [4.69, 9.17) is 14.2 Å². The molecule has 1 atom stereocenters. The first-order valence-corrected chi connectivity index (χ1v) is 33.3. The van der Waals surface area contributed by atoms with E-state index in [1.54, 1.807) is 0 Å².